The fraction of sp³-hybridized carbons (Fsp3) is 0.462. The second-order valence-electron chi connectivity index (χ2n) is 4.57. The summed E-state index contributed by atoms with van der Waals surface area (Å²) in [5.74, 6) is 0. The summed E-state index contributed by atoms with van der Waals surface area (Å²) in [5.41, 5.74) is 0.489. The molecule has 0 bridgehead atoms. The predicted octanol–water partition coefficient (Wildman–Crippen LogP) is 4.40. The molecule has 2 rings (SSSR count). The molecule has 0 aromatic heterocycles. The maximum Gasteiger partial charge on any atom is 0.322 e. The summed E-state index contributed by atoms with van der Waals surface area (Å²) in [4.78, 5) is 14.0. The van der Waals surface area contributed by atoms with E-state index >= 15 is 0 Å². The third-order valence-corrected chi connectivity index (χ3v) is 3.89. The van der Waals surface area contributed by atoms with Gasteiger partial charge in [-0.3, -0.25) is 0 Å². The van der Waals surface area contributed by atoms with E-state index in [2.05, 4.69) is 12.2 Å². The molecule has 0 spiro atoms. The van der Waals surface area contributed by atoms with Gasteiger partial charge in [0.2, 0.25) is 0 Å². The Kier molecular flexibility index (Phi) is 4.36. The molecule has 1 saturated heterocycles. The molecule has 5 heteroatoms. The van der Waals surface area contributed by atoms with Gasteiger partial charge >= 0.3 is 6.03 Å². The van der Waals surface area contributed by atoms with Crippen LogP contribution < -0.4 is 5.32 Å². The quantitative estimate of drug-likeness (QED) is 0.815. The molecule has 0 saturated carbocycles. The van der Waals surface area contributed by atoms with E-state index in [1.165, 1.54) is 6.42 Å². The van der Waals surface area contributed by atoms with Crippen molar-refractivity contribution < 1.29 is 4.79 Å². The van der Waals surface area contributed by atoms with E-state index in [0.29, 0.717) is 15.7 Å². The minimum absolute atomic E-state index is 0.128. The van der Waals surface area contributed by atoms with Gasteiger partial charge in [-0.15, -0.1) is 0 Å². The first kappa shape index (κ1) is 13.5. The van der Waals surface area contributed by atoms with Gasteiger partial charge in [0.15, 0.2) is 0 Å². The maximum absolute atomic E-state index is 12.2. The van der Waals surface area contributed by atoms with E-state index in [-0.39, 0.29) is 12.1 Å². The van der Waals surface area contributed by atoms with Gasteiger partial charge in [0.05, 0.1) is 15.7 Å². The van der Waals surface area contributed by atoms with Crippen LogP contribution in [0, 0.1) is 0 Å². The number of para-hydroxylation sites is 1. The number of benzene rings is 1. The van der Waals surface area contributed by atoms with Crippen LogP contribution in [0.5, 0.6) is 0 Å². The molecule has 1 heterocycles. The Bertz CT molecular complexity index is 430. The Morgan fingerprint density at radius 2 is 2.00 bits per heavy atom. The van der Waals surface area contributed by atoms with E-state index in [4.69, 9.17) is 23.2 Å². The van der Waals surface area contributed by atoms with E-state index in [0.717, 1.165) is 19.4 Å². The lowest BCUT2D eigenvalue weighted by atomic mass is 10.0. The normalized spacial score (nSPS) is 19.7. The highest BCUT2D eigenvalue weighted by Gasteiger charge is 2.24. The van der Waals surface area contributed by atoms with E-state index in [1.807, 2.05) is 4.90 Å². The molecular formula is C13H16Cl2N2O. The SMILES string of the molecule is CC1CCCCN1C(=O)Nc1c(Cl)cccc1Cl. The van der Waals surface area contributed by atoms with E-state index < -0.39 is 0 Å². The molecule has 1 aromatic rings. The van der Waals surface area contributed by atoms with E-state index in [9.17, 15) is 4.79 Å². The lowest BCUT2D eigenvalue weighted by Gasteiger charge is -2.33. The van der Waals surface area contributed by atoms with E-state index in [1.54, 1.807) is 18.2 Å². The van der Waals surface area contributed by atoms with Gasteiger partial charge in [-0.2, -0.15) is 0 Å². The van der Waals surface area contributed by atoms with Crippen molar-refractivity contribution >= 4 is 34.9 Å². The fourth-order valence-electron chi connectivity index (χ4n) is 2.20. The Morgan fingerprint density at radius 3 is 2.61 bits per heavy atom. The molecule has 1 aromatic carbocycles. The van der Waals surface area contributed by atoms with Gasteiger partial charge in [0.1, 0.15) is 0 Å². The molecule has 1 aliphatic heterocycles. The number of halogens is 2. The Hall–Kier alpha value is -0.930. The van der Waals surface area contributed by atoms with Crippen LogP contribution in [0.2, 0.25) is 10.0 Å². The number of urea groups is 1. The lowest BCUT2D eigenvalue weighted by molar-refractivity contribution is 0.170. The molecule has 1 aliphatic rings. The van der Waals surface area contributed by atoms with Crippen molar-refractivity contribution in [1.29, 1.82) is 0 Å². The maximum atomic E-state index is 12.2. The number of rotatable bonds is 1. The third kappa shape index (κ3) is 2.90. The topological polar surface area (TPSA) is 32.3 Å². The second-order valence-corrected chi connectivity index (χ2v) is 5.38. The monoisotopic (exact) mass is 286 g/mol. The average Bonchev–Trinajstić information content (AvgIpc) is 2.34. The van der Waals surface area contributed by atoms with Gasteiger partial charge in [-0.05, 0) is 38.3 Å². The molecule has 0 radical (unpaired) electrons. The van der Waals surface area contributed by atoms with Crippen LogP contribution in [0.1, 0.15) is 26.2 Å². The summed E-state index contributed by atoms with van der Waals surface area (Å²) in [7, 11) is 0. The molecule has 0 aliphatic carbocycles. The first-order valence-corrected chi connectivity index (χ1v) is 6.87. The molecule has 3 nitrogen and oxygen atoms in total. The van der Waals surface area contributed by atoms with Crippen molar-refractivity contribution in [2.45, 2.75) is 32.2 Å². The molecule has 1 unspecified atom stereocenters. The summed E-state index contributed by atoms with van der Waals surface area (Å²) in [6.07, 6.45) is 3.27. The highest BCUT2D eigenvalue weighted by atomic mass is 35.5. The van der Waals surface area contributed by atoms with Crippen LogP contribution in [-0.2, 0) is 0 Å². The van der Waals surface area contributed by atoms with Crippen molar-refractivity contribution in [2.24, 2.45) is 0 Å². The number of amides is 2. The standard InChI is InChI=1S/C13H16Cl2N2O/c1-9-5-2-3-8-17(9)13(18)16-12-10(14)6-4-7-11(12)15/h4,6-7,9H,2-3,5,8H2,1H3,(H,16,18). The lowest BCUT2D eigenvalue weighted by Crippen LogP contribution is -2.44. The van der Waals surface area contributed by atoms with Gasteiger partial charge in [0.25, 0.3) is 0 Å². The van der Waals surface area contributed by atoms with Crippen LogP contribution in [0.15, 0.2) is 18.2 Å². The van der Waals surface area contributed by atoms with Crippen molar-refractivity contribution in [2.75, 3.05) is 11.9 Å². The molecule has 1 atom stereocenters. The van der Waals surface area contributed by atoms with Crippen molar-refractivity contribution in [3.8, 4) is 0 Å². The summed E-state index contributed by atoms with van der Waals surface area (Å²) in [6.45, 7) is 2.85. The Morgan fingerprint density at radius 1 is 1.33 bits per heavy atom. The zero-order valence-electron chi connectivity index (χ0n) is 10.2. The minimum Gasteiger partial charge on any atom is -0.322 e. The molecule has 18 heavy (non-hydrogen) atoms. The minimum atomic E-state index is -0.128. The number of carbonyl (C=O) groups excluding carboxylic acids is 1. The van der Waals surface area contributed by atoms with Crippen LogP contribution in [-0.4, -0.2) is 23.5 Å². The van der Waals surface area contributed by atoms with Gasteiger partial charge in [0, 0.05) is 12.6 Å². The zero-order valence-corrected chi connectivity index (χ0v) is 11.8. The van der Waals surface area contributed by atoms with Gasteiger partial charge in [-0.25, -0.2) is 4.79 Å². The first-order valence-electron chi connectivity index (χ1n) is 6.11. The number of likely N-dealkylation sites (tertiary alicyclic amines) is 1. The number of piperidine rings is 1. The number of carbonyl (C=O) groups is 1. The van der Waals surface area contributed by atoms with Gasteiger partial charge < -0.3 is 10.2 Å². The summed E-state index contributed by atoms with van der Waals surface area (Å²) in [5, 5.41) is 3.72. The first-order chi connectivity index (χ1) is 8.59. The predicted molar refractivity (Wildman–Crippen MR) is 75.5 cm³/mol. The Balaban J connectivity index is 2.11. The largest absolute Gasteiger partial charge is 0.322 e. The van der Waals surface area contributed by atoms with Crippen molar-refractivity contribution in [3.63, 3.8) is 0 Å². The second kappa shape index (κ2) is 5.81. The third-order valence-electron chi connectivity index (χ3n) is 3.26. The molecule has 2 amide bonds. The van der Waals surface area contributed by atoms with Crippen molar-refractivity contribution in [3.05, 3.63) is 28.2 Å². The number of hydrogen-bond donors (Lipinski definition) is 1. The molecular weight excluding hydrogens is 271 g/mol. The van der Waals surface area contributed by atoms with Crippen LogP contribution in [0.3, 0.4) is 0 Å². The summed E-state index contributed by atoms with van der Waals surface area (Å²) in [6, 6.07) is 5.31. The molecule has 1 N–H and O–H groups in total. The fourth-order valence-corrected chi connectivity index (χ4v) is 2.69. The highest BCUT2D eigenvalue weighted by Crippen LogP contribution is 2.30. The van der Waals surface area contributed by atoms with Crippen LogP contribution in [0.4, 0.5) is 10.5 Å². The number of nitrogens with one attached hydrogen (secondary N) is 1. The van der Waals surface area contributed by atoms with Crippen molar-refractivity contribution in [1.82, 2.24) is 4.90 Å². The summed E-state index contributed by atoms with van der Waals surface area (Å²) >= 11 is 12.1. The average molecular weight is 287 g/mol. The number of anilines is 1. The van der Waals surface area contributed by atoms with Crippen LogP contribution >= 0.6 is 23.2 Å². The van der Waals surface area contributed by atoms with Crippen LogP contribution in [0.25, 0.3) is 0 Å². The molecule has 1 fully saturated rings. The van der Waals surface area contributed by atoms with Gasteiger partial charge in [-0.1, -0.05) is 29.3 Å². The Labute approximate surface area is 117 Å². The zero-order chi connectivity index (χ0) is 13.1. The summed E-state index contributed by atoms with van der Waals surface area (Å²) < 4.78 is 0. The smallest absolute Gasteiger partial charge is 0.322 e. The number of hydrogen-bond acceptors (Lipinski definition) is 1. The molecule has 98 valence electrons. The number of nitrogens with zero attached hydrogens (tertiary/aromatic N) is 1. The highest BCUT2D eigenvalue weighted by molar-refractivity contribution is 6.39.